The Balaban J connectivity index is 3.01. The molecule has 0 fully saturated rings. The van der Waals surface area contributed by atoms with Gasteiger partial charge in [0, 0.05) is 0 Å². The first kappa shape index (κ1) is 6.21. The third kappa shape index (κ3) is 1.25. The molecule has 1 aromatic carbocycles. The Hall–Kier alpha value is -0.915. The zero-order valence-corrected chi connectivity index (χ0v) is 5.29. The Labute approximate surface area is 56.1 Å². The van der Waals surface area contributed by atoms with E-state index in [4.69, 9.17) is 8.05 Å². The maximum atomic E-state index is 4.95. The van der Waals surface area contributed by atoms with Gasteiger partial charge in [-0.15, -0.1) is 0 Å². The third-order valence-corrected chi connectivity index (χ3v) is 1.22. The number of rotatable bonds is 1. The normalized spacial score (nSPS) is 9.00. The Morgan fingerprint density at radius 1 is 1.33 bits per heavy atom. The highest BCUT2D eigenvalue weighted by molar-refractivity contribution is 6.00. The molecule has 0 aromatic heterocycles. The lowest BCUT2D eigenvalue weighted by Gasteiger charge is -2.01. The fraction of sp³-hybridized carbons (Fsp3) is 0.143. The van der Waals surface area contributed by atoms with Gasteiger partial charge in [0.05, 0.1) is 0 Å². The van der Waals surface area contributed by atoms with Gasteiger partial charge in [-0.3, -0.25) is 0 Å². The van der Waals surface area contributed by atoms with E-state index in [0.29, 0.717) is 0 Å². The second-order valence-corrected chi connectivity index (χ2v) is 1.88. The van der Waals surface area contributed by atoms with Crippen molar-refractivity contribution in [3.05, 3.63) is 29.8 Å². The van der Waals surface area contributed by atoms with E-state index < -0.39 is 0 Å². The molecule has 44 valence electrons. The molecular weight excluding hydrogens is 111 g/mol. The van der Waals surface area contributed by atoms with Gasteiger partial charge < -0.3 is 4.65 Å². The Morgan fingerprint density at radius 2 is 2.00 bits per heavy atom. The average Bonchev–Trinajstić information content (AvgIpc) is 1.89. The molecule has 0 heterocycles. The van der Waals surface area contributed by atoms with Crippen LogP contribution in [0.1, 0.15) is 5.56 Å². The summed E-state index contributed by atoms with van der Waals surface area (Å²) >= 11 is 0. The molecular formula is C7H7BO. The van der Waals surface area contributed by atoms with Crippen molar-refractivity contribution in [3.8, 4) is 5.75 Å². The van der Waals surface area contributed by atoms with E-state index >= 15 is 0 Å². The highest BCUT2D eigenvalue weighted by Crippen LogP contribution is 2.14. The van der Waals surface area contributed by atoms with Crippen LogP contribution in [0.15, 0.2) is 24.3 Å². The van der Waals surface area contributed by atoms with Crippen molar-refractivity contribution in [2.24, 2.45) is 0 Å². The van der Waals surface area contributed by atoms with E-state index in [1.165, 1.54) is 0 Å². The van der Waals surface area contributed by atoms with Crippen molar-refractivity contribution in [1.29, 1.82) is 0 Å². The summed E-state index contributed by atoms with van der Waals surface area (Å²) in [6, 6.07) is 7.60. The fourth-order valence-electron chi connectivity index (χ4n) is 0.689. The van der Waals surface area contributed by atoms with Crippen LogP contribution in [0, 0.1) is 6.92 Å². The molecule has 0 spiro atoms. The van der Waals surface area contributed by atoms with Gasteiger partial charge in [0.15, 0.2) is 0 Å². The van der Waals surface area contributed by atoms with Gasteiger partial charge in [-0.1, -0.05) is 18.2 Å². The summed E-state index contributed by atoms with van der Waals surface area (Å²) in [6.45, 7) is 1.95. The van der Waals surface area contributed by atoms with Crippen molar-refractivity contribution in [1.82, 2.24) is 0 Å². The SMILES string of the molecule is [B]Oc1ccccc1C. The lowest BCUT2D eigenvalue weighted by Crippen LogP contribution is -1.86. The van der Waals surface area contributed by atoms with Crippen molar-refractivity contribution >= 4 is 8.05 Å². The van der Waals surface area contributed by atoms with Crippen LogP contribution in [-0.4, -0.2) is 8.05 Å². The molecule has 0 aliphatic rings. The van der Waals surface area contributed by atoms with Crippen LogP contribution in [0.5, 0.6) is 5.75 Å². The average molecular weight is 118 g/mol. The molecule has 0 N–H and O–H groups in total. The summed E-state index contributed by atoms with van der Waals surface area (Å²) in [6.07, 6.45) is 0. The van der Waals surface area contributed by atoms with Crippen LogP contribution in [0.25, 0.3) is 0 Å². The smallest absolute Gasteiger partial charge is 0.374 e. The van der Waals surface area contributed by atoms with E-state index in [9.17, 15) is 0 Å². The Morgan fingerprint density at radius 3 is 2.44 bits per heavy atom. The minimum atomic E-state index is 0.734. The van der Waals surface area contributed by atoms with E-state index in [2.05, 4.69) is 4.65 Å². The van der Waals surface area contributed by atoms with Crippen LogP contribution in [-0.2, 0) is 0 Å². The van der Waals surface area contributed by atoms with E-state index in [1.807, 2.05) is 31.2 Å². The van der Waals surface area contributed by atoms with Gasteiger partial charge in [-0.2, -0.15) is 0 Å². The van der Waals surface area contributed by atoms with Gasteiger partial charge in [-0.05, 0) is 18.6 Å². The molecule has 0 saturated heterocycles. The second-order valence-electron chi connectivity index (χ2n) is 1.88. The molecule has 0 atom stereocenters. The first-order valence-corrected chi connectivity index (χ1v) is 2.77. The third-order valence-electron chi connectivity index (χ3n) is 1.22. The van der Waals surface area contributed by atoms with Crippen molar-refractivity contribution in [2.75, 3.05) is 0 Å². The van der Waals surface area contributed by atoms with Crippen LogP contribution in [0.2, 0.25) is 0 Å². The zero-order valence-electron chi connectivity index (χ0n) is 5.29. The van der Waals surface area contributed by atoms with Crippen LogP contribution in [0.4, 0.5) is 0 Å². The Bertz CT molecular complexity index is 198. The molecule has 1 nitrogen and oxygen atoms in total. The molecule has 2 heteroatoms. The van der Waals surface area contributed by atoms with Crippen LogP contribution < -0.4 is 4.65 Å². The zero-order chi connectivity index (χ0) is 6.69. The molecule has 0 amide bonds. The number of hydrogen-bond acceptors (Lipinski definition) is 1. The summed E-state index contributed by atoms with van der Waals surface area (Å²) in [4.78, 5) is 0. The molecule has 0 saturated carbocycles. The monoisotopic (exact) mass is 118 g/mol. The predicted octanol–water partition coefficient (Wildman–Crippen LogP) is 1.46. The maximum Gasteiger partial charge on any atom is 0.374 e. The number of para-hydroxylation sites is 1. The number of hydrogen-bond donors (Lipinski definition) is 0. The number of aryl methyl sites for hydroxylation is 1. The van der Waals surface area contributed by atoms with E-state index in [-0.39, 0.29) is 0 Å². The second kappa shape index (κ2) is 2.58. The van der Waals surface area contributed by atoms with Crippen molar-refractivity contribution in [2.45, 2.75) is 6.92 Å². The van der Waals surface area contributed by atoms with Gasteiger partial charge in [0.2, 0.25) is 0 Å². The van der Waals surface area contributed by atoms with E-state index in [1.54, 1.807) is 0 Å². The quantitative estimate of drug-likeness (QED) is 0.507. The van der Waals surface area contributed by atoms with Gasteiger partial charge in [-0.25, -0.2) is 0 Å². The topological polar surface area (TPSA) is 9.23 Å². The summed E-state index contributed by atoms with van der Waals surface area (Å²) in [5.74, 6) is 0.734. The summed E-state index contributed by atoms with van der Waals surface area (Å²) in [5.41, 5.74) is 1.06. The maximum absolute atomic E-state index is 4.95. The van der Waals surface area contributed by atoms with Crippen LogP contribution in [0.3, 0.4) is 0 Å². The van der Waals surface area contributed by atoms with E-state index in [0.717, 1.165) is 11.3 Å². The van der Waals surface area contributed by atoms with Crippen LogP contribution >= 0.6 is 0 Å². The standard InChI is InChI=1S/C7H7BO/c1-6-4-2-3-5-7(6)9-8/h2-5H,1H3. The molecule has 0 unspecified atom stereocenters. The molecule has 0 bridgehead atoms. The van der Waals surface area contributed by atoms with Crippen molar-refractivity contribution in [3.63, 3.8) is 0 Å². The molecule has 0 aliphatic carbocycles. The molecule has 2 radical (unpaired) electrons. The molecule has 1 rings (SSSR count). The molecule has 0 aliphatic heterocycles. The van der Waals surface area contributed by atoms with Crippen molar-refractivity contribution < 1.29 is 4.65 Å². The number of benzene rings is 1. The molecule has 9 heavy (non-hydrogen) atoms. The summed E-state index contributed by atoms with van der Waals surface area (Å²) in [7, 11) is 4.95. The Kier molecular flexibility index (Phi) is 1.78. The largest absolute Gasteiger partial charge is 0.568 e. The molecule has 1 aromatic rings. The lowest BCUT2D eigenvalue weighted by molar-refractivity contribution is 0.610. The summed E-state index contributed by atoms with van der Waals surface area (Å²) in [5, 5.41) is 0. The first-order valence-electron chi connectivity index (χ1n) is 2.77. The fourth-order valence-corrected chi connectivity index (χ4v) is 0.689. The van der Waals surface area contributed by atoms with Gasteiger partial charge in [0.25, 0.3) is 0 Å². The first-order chi connectivity index (χ1) is 4.34. The minimum Gasteiger partial charge on any atom is -0.568 e. The highest BCUT2D eigenvalue weighted by Gasteiger charge is 1.90. The lowest BCUT2D eigenvalue weighted by atomic mass is 10.2. The summed E-state index contributed by atoms with van der Waals surface area (Å²) < 4.78 is 4.54. The predicted molar refractivity (Wildman–Crippen MR) is 37.6 cm³/mol. The van der Waals surface area contributed by atoms with Gasteiger partial charge in [0.1, 0.15) is 5.75 Å². The van der Waals surface area contributed by atoms with Gasteiger partial charge >= 0.3 is 8.05 Å². The highest BCUT2D eigenvalue weighted by atomic mass is 16.4. The minimum absolute atomic E-state index is 0.734.